The van der Waals surface area contributed by atoms with Gasteiger partial charge in [0, 0.05) is 19.3 Å². The summed E-state index contributed by atoms with van der Waals surface area (Å²) in [6, 6.07) is 22.5. The third-order valence-electron chi connectivity index (χ3n) is 5.21. The van der Waals surface area contributed by atoms with Crippen molar-refractivity contribution in [1.29, 1.82) is 0 Å². The molecule has 1 N–H and O–H groups in total. The Labute approximate surface area is 186 Å². The number of anilines is 1. The Balaban J connectivity index is 1.53. The molecule has 0 aliphatic heterocycles. The maximum atomic E-state index is 10.2. The van der Waals surface area contributed by atoms with Crippen LogP contribution >= 0.6 is 0 Å². The first kappa shape index (κ1) is 21.1. The molecule has 0 amide bonds. The van der Waals surface area contributed by atoms with Gasteiger partial charge in [-0.3, -0.25) is 4.99 Å². The van der Waals surface area contributed by atoms with E-state index in [1.165, 1.54) is 22.5 Å². The Morgan fingerprint density at radius 2 is 1.78 bits per heavy atom. The number of aliphatic imine (C=N–C) groups is 1. The van der Waals surface area contributed by atoms with Crippen LogP contribution in [-0.4, -0.2) is 28.8 Å². The molecule has 0 aliphatic carbocycles. The predicted octanol–water partition coefficient (Wildman–Crippen LogP) is 4.00. The highest BCUT2D eigenvalue weighted by Crippen LogP contribution is 2.25. The maximum Gasteiger partial charge on any atom is 0.325 e. The molecule has 0 fully saturated rings. The van der Waals surface area contributed by atoms with Crippen molar-refractivity contribution >= 4 is 35.5 Å². The summed E-state index contributed by atoms with van der Waals surface area (Å²) >= 11 is 0. The molecule has 0 atom stereocenters. The Bertz CT molecular complexity index is 1380. The van der Waals surface area contributed by atoms with Crippen LogP contribution in [0.3, 0.4) is 0 Å². The van der Waals surface area contributed by atoms with Crippen LogP contribution in [0.4, 0.5) is 5.69 Å². The van der Waals surface area contributed by atoms with E-state index in [4.69, 9.17) is 4.74 Å². The van der Waals surface area contributed by atoms with Gasteiger partial charge in [0.2, 0.25) is 5.88 Å². The van der Waals surface area contributed by atoms with Gasteiger partial charge in [0.15, 0.2) is 0 Å². The lowest BCUT2D eigenvalue weighted by Crippen LogP contribution is -2.29. The van der Waals surface area contributed by atoms with E-state index in [0.717, 1.165) is 12.2 Å². The lowest BCUT2D eigenvalue weighted by molar-refractivity contribution is 0.400. The van der Waals surface area contributed by atoms with Crippen LogP contribution in [-0.2, 0) is 6.54 Å². The van der Waals surface area contributed by atoms with Crippen LogP contribution < -0.4 is 20.2 Å². The van der Waals surface area contributed by atoms with Crippen molar-refractivity contribution in [3.05, 3.63) is 82.9 Å². The highest BCUT2D eigenvalue weighted by molar-refractivity contribution is 5.85. The number of aromatic hydroxyl groups is 1. The summed E-state index contributed by atoms with van der Waals surface area (Å²) in [6.45, 7) is 6.00. The number of hydrogen-bond acceptors (Lipinski definition) is 6. The Morgan fingerprint density at radius 3 is 2.53 bits per heavy atom. The molecule has 0 saturated carbocycles. The van der Waals surface area contributed by atoms with Crippen molar-refractivity contribution in [3.63, 3.8) is 0 Å². The number of ether oxygens (including phenoxy) is 1. The molecule has 0 unspecified atom stereocenters. The number of rotatable bonds is 6. The molecule has 0 saturated heterocycles. The number of aromatic nitrogens is 2. The Morgan fingerprint density at radius 1 is 1.03 bits per heavy atom. The third-order valence-corrected chi connectivity index (χ3v) is 5.21. The second-order valence-electron chi connectivity index (χ2n) is 7.32. The molecule has 0 bridgehead atoms. The van der Waals surface area contributed by atoms with Crippen molar-refractivity contribution in [2.75, 3.05) is 11.9 Å². The van der Waals surface area contributed by atoms with Crippen molar-refractivity contribution in [1.82, 2.24) is 9.97 Å². The van der Waals surface area contributed by atoms with Gasteiger partial charge in [-0.25, -0.2) is 0 Å². The molecule has 0 spiro atoms. The molecule has 1 heterocycles. The largest absolute Gasteiger partial charge is 0.493 e. The number of nitrogens with zero attached hydrogens (tertiary/aromatic N) is 4. The zero-order chi connectivity index (χ0) is 22.5. The minimum Gasteiger partial charge on any atom is -0.493 e. The first-order chi connectivity index (χ1) is 15.6. The Kier molecular flexibility index (Phi) is 6.12. The van der Waals surface area contributed by atoms with Gasteiger partial charge in [0.25, 0.3) is 0 Å². The van der Waals surface area contributed by atoms with Gasteiger partial charge in [0.1, 0.15) is 5.75 Å². The van der Waals surface area contributed by atoms with E-state index in [0.29, 0.717) is 16.3 Å². The molecule has 4 rings (SSSR count). The number of benzene rings is 3. The van der Waals surface area contributed by atoms with Gasteiger partial charge >= 0.3 is 6.01 Å². The van der Waals surface area contributed by atoms with E-state index in [2.05, 4.69) is 76.1 Å². The smallest absolute Gasteiger partial charge is 0.325 e. The quantitative estimate of drug-likeness (QED) is 0.474. The van der Waals surface area contributed by atoms with Gasteiger partial charge in [-0.05, 0) is 54.2 Å². The average Bonchev–Trinajstić information content (AvgIpc) is 2.80. The SMILES string of the molecule is C=N/C=c1/nc(Oc2ccc(N(C)Cc3cccc4ccccc34)cc2)nc(O)/c1=C/C. The molecular formula is C26H24N4O2. The zero-order valence-corrected chi connectivity index (χ0v) is 18.1. The number of hydrogen-bond donors (Lipinski definition) is 1. The summed E-state index contributed by atoms with van der Waals surface area (Å²) in [5, 5.41) is 13.6. The summed E-state index contributed by atoms with van der Waals surface area (Å²) in [6.07, 6.45) is 3.16. The van der Waals surface area contributed by atoms with Crippen LogP contribution in [0.2, 0.25) is 0 Å². The van der Waals surface area contributed by atoms with Crippen LogP contribution in [0.15, 0.2) is 71.7 Å². The highest BCUT2D eigenvalue weighted by Gasteiger charge is 2.08. The standard InChI is InChI=1S/C26H24N4O2/c1-4-22-24(16-27-2)28-26(29-25(22)31)32-21-14-12-20(13-15-21)30(3)17-19-10-7-9-18-8-5-6-11-23(18)19/h4-16H,2,17H2,1,3H3,(H,28,29,31)/b22-4+,24-16+. The van der Waals surface area contributed by atoms with Gasteiger partial charge in [0.05, 0.1) is 16.8 Å². The lowest BCUT2D eigenvalue weighted by atomic mass is 10.0. The molecule has 160 valence electrons. The fourth-order valence-corrected chi connectivity index (χ4v) is 3.61. The summed E-state index contributed by atoms with van der Waals surface area (Å²) < 4.78 is 5.76. The number of fused-ring (bicyclic) bond motifs is 1. The summed E-state index contributed by atoms with van der Waals surface area (Å²) in [5.74, 6) is 0.399. The molecule has 3 aromatic carbocycles. The zero-order valence-electron chi connectivity index (χ0n) is 18.1. The molecule has 1 aromatic heterocycles. The van der Waals surface area contributed by atoms with Crippen molar-refractivity contribution in [2.24, 2.45) is 4.99 Å². The van der Waals surface area contributed by atoms with Crippen molar-refractivity contribution < 1.29 is 9.84 Å². The van der Waals surface area contributed by atoms with E-state index < -0.39 is 0 Å². The summed E-state index contributed by atoms with van der Waals surface area (Å²) in [4.78, 5) is 14.2. The van der Waals surface area contributed by atoms with Crippen LogP contribution in [0.5, 0.6) is 17.6 Å². The van der Waals surface area contributed by atoms with Gasteiger partial charge in [-0.1, -0.05) is 48.5 Å². The second-order valence-corrected chi connectivity index (χ2v) is 7.32. The molecule has 6 heteroatoms. The van der Waals surface area contributed by atoms with E-state index in [9.17, 15) is 5.11 Å². The fourth-order valence-electron chi connectivity index (χ4n) is 3.61. The average molecular weight is 425 g/mol. The summed E-state index contributed by atoms with van der Waals surface area (Å²) in [5.41, 5.74) is 2.32. The minimum atomic E-state index is -0.168. The molecule has 0 radical (unpaired) electrons. The maximum absolute atomic E-state index is 10.2. The normalized spacial score (nSPS) is 12.2. The Hall–Kier alpha value is -4.19. The lowest BCUT2D eigenvalue weighted by Gasteiger charge is -2.20. The van der Waals surface area contributed by atoms with Gasteiger partial charge < -0.3 is 14.7 Å². The van der Waals surface area contributed by atoms with Gasteiger partial charge in [-0.15, -0.1) is 0 Å². The molecule has 0 aliphatic rings. The van der Waals surface area contributed by atoms with E-state index in [1.807, 2.05) is 24.3 Å². The van der Waals surface area contributed by atoms with Gasteiger partial charge in [-0.2, -0.15) is 9.97 Å². The highest BCUT2D eigenvalue weighted by atomic mass is 16.5. The van der Waals surface area contributed by atoms with Crippen LogP contribution in [0.25, 0.3) is 23.0 Å². The topological polar surface area (TPSA) is 70.8 Å². The first-order valence-electron chi connectivity index (χ1n) is 10.2. The monoisotopic (exact) mass is 424 g/mol. The molecular weight excluding hydrogens is 400 g/mol. The predicted molar refractivity (Wildman–Crippen MR) is 130 cm³/mol. The molecule has 6 nitrogen and oxygen atoms in total. The second kappa shape index (κ2) is 9.31. The van der Waals surface area contributed by atoms with Crippen molar-refractivity contribution in [3.8, 4) is 17.6 Å². The molecule has 4 aromatic rings. The van der Waals surface area contributed by atoms with Crippen LogP contribution in [0, 0.1) is 0 Å². The van der Waals surface area contributed by atoms with Crippen molar-refractivity contribution in [2.45, 2.75) is 13.5 Å². The minimum absolute atomic E-state index is 0.0415. The van der Waals surface area contributed by atoms with E-state index in [-0.39, 0.29) is 11.9 Å². The first-order valence-corrected chi connectivity index (χ1v) is 10.2. The third kappa shape index (κ3) is 4.44. The van der Waals surface area contributed by atoms with Crippen LogP contribution in [0.1, 0.15) is 12.5 Å². The van der Waals surface area contributed by atoms with E-state index in [1.54, 1.807) is 13.0 Å². The molecule has 32 heavy (non-hydrogen) atoms. The van der Waals surface area contributed by atoms with E-state index >= 15 is 0 Å². The fraction of sp³-hybridized carbons (Fsp3) is 0.115. The summed E-state index contributed by atoms with van der Waals surface area (Å²) in [7, 11) is 2.06.